The molecule has 0 radical (unpaired) electrons. The van der Waals surface area contributed by atoms with E-state index < -0.39 is 0 Å². The summed E-state index contributed by atoms with van der Waals surface area (Å²) in [6, 6.07) is 14.2. The third kappa shape index (κ3) is 3.89. The molecule has 2 aromatic rings. The number of aliphatic hydroxyl groups excluding tert-OH is 1. The minimum Gasteiger partial charge on any atom is -0.493 e. The van der Waals surface area contributed by atoms with Gasteiger partial charge in [-0.1, -0.05) is 30.3 Å². The number of likely N-dealkylation sites (tertiary alicyclic amines) is 1. The summed E-state index contributed by atoms with van der Waals surface area (Å²) in [6.45, 7) is 1.86. The van der Waals surface area contributed by atoms with Gasteiger partial charge < -0.3 is 14.6 Å². The van der Waals surface area contributed by atoms with Gasteiger partial charge in [0.25, 0.3) is 0 Å². The number of ether oxygens (including phenoxy) is 2. The Morgan fingerprint density at radius 1 is 1.10 bits per heavy atom. The Morgan fingerprint density at radius 3 is 2.52 bits per heavy atom. The first-order valence-electron chi connectivity index (χ1n) is 10.3. The van der Waals surface area contributed by atoms with E-state index in [1.165, 1.54) is 5.56 Å². The first-order chi connectivity index (χ1) is 14.1. The summed E-state index contributed by atoms with van der Waals surface area (Å²) in [5.74, 6) is 1.75. The zero-order valence-corrected chi connectivity index (χ0v) is 17.1. The lowest BCUT2D eigenvalue weighted by Crippen LogP contribution is -2.46. The molecule has 0 amide bonds. The molecule has 0 spiro atoms. The molecule has 1 heterocycles. The predicted molar refractivity (Wildman–Crippen MR) is 112 cm³/mol. The van der Waals surface area contributed by atoms with Crippen LogP contribution in [-0.4, -0.2) is 49.2 Å². The number of hydrogen-bond acceptors (Lipinski definition) is 5. The second-order valence-corrected chi connectivity index (χ2v) is 8.12. The number of methoxy groups -OCH3 is 2. The SMILES string of the molecule is COc1cc2c(cc1OC)C(=O)C(C1CCN(Cc3ccccc3)C(CO)C1)C2. The third-order valence-electron chi connectivity index (χ3n) is 6.54. The molecule has 1 fully saturated rings. The number of hydrogen-bond donors (Lipinski definition) is 1. The number of Topliss-reactive ketones (excluding diaryl/α,β-unsaturated/α-hetero) is 1. The van der Waals surface area contributed by atoms with Gasteiger partial charge in [0.2, 0.25) is 0 Å². The van der Waals surface area contributed by atoms with Gasteiger partial charge in [-0.25, -0.2) is 0 Å². The number of carbonyl (C=O) groups is 1. The zero-order valence-electron chi connectivity index (χ0n) is 17.1. The van der Waals surface area contributed by atoms with Crippen LogP contribution in [0.25, 0.3) is 0 Å². The topological polar surface area (TPSA) is 59.0 Å². The number of piperidine rings is 1. The Morgan fingerprint density at radius 2 is 1.83 bits per heavy atom. The van der Waals surface area contributed by atoms with Crippen molar-refractivity contribution in [3.63, 3.8) is 0 Å². The van der Waals surface area contributed by atoms with Crippen LogP contribution >= 0.6 is 0 Å². The summed E-state index contributed by atoms with van der Waals surface area (Å²) < 4.78 is 10.8. The van der Waals surface area contributed by atoms with Crippen LogP contribution in [0.2, 0.25) is 0 Å². The van der Waals surface area contributed by atoms with Crippen LogP contribution in [-0.2, 0) is 13.0 Å². The summed E-state index contributed by atoms with van der Waals surface area (Å²) in [6.07, 6.45) is 2.57. The fourth-order valence-corrected chi connectivity index (χ4v) is 4.94. The maximum absolute atomic E-state index is 13.2. The van der Waals surface area contributed by atoms with Crippen LogP contribution in [0.4, 0.5) is 0 Å². The molecule has 3 atom stereocenters. The van der Waals surface area contributed by atoms with E-state index in [0.29, 0.717) is 11.5 Å². The highest BCUT2D eigenvalue weighted by Gasteiger charge is 2.40. The summed E-state index contributed by atoms with van der Waals surface area (Å²) in [5, 5.41) is 10.0. The number of ketones is 1. The smallest absolute Gasteiger partial charge is 0.166 e. The van der Waals surface area contributed by atoms with Crippen molar-refractivity contribution in [2.24, 2.45) is 11.8 Å². The molecule has 1 aliphatic heterocycles. The first-order valence-corrected chi connectivity index (χ1v) is 10.3. The minimum atomic E-state index is -0.0188. The van der Waals surface area contributed by atoms with E-state index in [9.17, 15) is 9.90 Å². The normalized spacial score (nSPS) is 24.4. The van der Waals surface area contributed by atoms with Crippen LogP contribution in [0.1, 0.15) is 34.3 Å². The molecule has 0 aromatic heterocycles. The second-order valence-electron chi connectivity index (χ2n) is 8.12. The van der Waals surface area contributed by atoms with Crippen molar-refractivity contribution < 1.29 is 19.4 Å². The fraction of sp³-hybridized carbons (Fsp3) is 0.458. The summed E-state index contributed by atoms with van der Waals surface area (Å²) in [7, 11) is 3.21. The average Bonchev–Trinajstić information content (AvgIpc) is 3.09. The summed E-state index contributed by atoms with van der Waals surface area (Å²) in [5.41, 5.74) is 3.07. The van der Waals surface area contributed by atoms with E-state index in [-0.39, 0.29) is 30.3 Å². The molecule has 4 rings (SSSR count). The van der Waals surface area contributed by atoms with E-state index in [0.717, 1.165) is 43.5 Å². The maximum Gasteiger partial charge on any atom is 0.166 e. The number of nitrogens with zero attached hydrogens (tertiary/aromatic N) is 1. The number of aliphatic hydroxyl groups is 1. The number of fused-ring (bicyclic) bond motifs is 1. The Labute approximate surface area is 172 Å². The Bertz CT molecular complexity index is 867. The molecule has 0 saturated carbocycles. The van der Waals surface area contributed by atoms with Crippen molar-refractivity contribution in [1.82, 2.24) is 4.90 Å². The summed E-state index contributed by atoms with van der Waals surface area (Å²) in [4.78, 5) is 15.5. The first kappa shape index (κ1) is 19.9. The Kier molecular flexibility index (Phi) is 5.88. The number of rotatable bonds is 6. The molecule has 3 unspecified atom stereocenters. The molecule has 2 aromatic carbocycles. The van der Waals surface area contributed by atoms with Crippen molar-refractivity contribution in [2.75, 3.05) is 27.4 Å². The Balaban J connectivity index is 1.48. The van der Waals surface area contributed by atoms with E-state index in [4.69, 9.17) is 9.47 Å². The van der Waals surface area contributed by atoms with Gasteiger partial charge in [-0.3, -0.25) is 9.69 Å². The van der Waals surface area contributed by atoms with Gasteiger partial charge in [0.15, 0.2) is 17.3 Å². The molecule has 0 bridgehead atoms. The van der Waals surface area contributed by atoms with E-state index >= 15 is 0 Å². The Hall–Kier alpha value is -2.37. The van der Waals surface area contributed by atoms with Crippen molar-refractivity contribution in [2.45, 2.75) is 31.8 Å². The van der Waals surface area contributed by atoms with Crippen LogP contribution in [0, 0.1) is 11.8 Å². The third-order valence-corrected chi connectivity index (χ3v) is 6.54. The zero-order chi connectivity index (χ0) is 20.4. The highest BCUT2D eigenvalue weighted by atomic mass is 16.5. The van der Waals surface area contributed by atoms with Crippen molar-refractivity contribution in [3.05, 3.63) is 59.2 Å². The van der Waals surface area contributed by atoms with Crippen molar-refractivity contribution in [3.8, 4) is 11.5 Å². The van der Waals surface area contributed by atoms with Gasteiger partial charge >= 0.3 is 0 Å². The molecule has 2 aliphatic rings. The molecule has 1 aliphatic carbocycles. The molecule has 5 heteroatoms. The highest BCUT2D eigenvalue weighted by molar-refractivity contribution is 6.03. The fourth-order valence-electron chi connectivity index (χ4n) is 4.94. The van der Waals surface area contributed by atoms with Crippen LogP contribution in [0.5, 0.6) is 11.5 Å². The van der Waals surface area contributed by atoms with E-state index in [2.05, 4.69) is 17.0 Å². The van der Waals surface area contributed by atoms with E-state index in [1.54, 1.807) is 14.2 Å². The second kappa shape index (κ2) is 8.56. The van der Waals surface area contributed by atoms with Gasteiger partial charge in [0, 0.05) is 24.1 Å². The standard InChI is InChI=1S/C24H29NO4/c1-28-22-12-18-11-20(24(27)21(18)13-23(22)29-2)17-8-9-25(19(10-17)15-26)14-16-6-4-3-5-7-16/h3-7,12-13,17,19-20,26H,8-11,14-15H2,1-2H3. The highest BCUT2D eigenvalue weighted by Crippen LogP contribution is 2.42. The lowest BCUT2D eigenvalue weighted by atomic mass is 9.79. The molecule has 1 N–H and O–H groups in total. The maximum atomic E-state index is 13.2. The van der Waals surface area contributed by atoms with Crippen LogP contribution in [0.3, 0.4) is 0 Å². The van der Waals surface area contributed by atoms with Gasteiger partial charge in [0.1, 0.15) is 0 Å². The predicted octanol–water partition coefficient (Wildman–Crippen LogP) is 3.33. The van der Waals surface area contributed by atoms with Gasteiger partial charge in [-0.15, -0.1) is 0 Å². The quantitative estimate of drug-likeness (QED) is 0.813. The van der Waals surface area contributed by atoms with Gasteiger partial charge in [-0.05, 0) is 55.0 Å². The van der Waals surface area contributed by atoms with Crippen molar-refractivity contribution in [1.29, 1.82) is 0 Å². The average molecular weight is 395 g/mol. The lowest BCUT2D eigenvalue weighted by molar-refractivity contribution is 0.0411. The minimum absolute atomic E-state index is 0.0188. The molecule has 1 saturated heterocycles. The van der Waals surface area contributed by atoms with Gasteiger partial charge in [-0.2, -0.15) is 0 Å². The van der Waals surface area contributed by atoms with Crippen molar-refractivity contribution >= 4 is 5.78 Å². The number of benzene rings is 2. The molecular formula is C24H29NO4. The van der Waals surface area contributed by atoms with E-state index in [1.807, 2.05) is 30.3 Å². The summed E-state index contributed by atoms with van der Waals surface area (Å²) >= 11 is 0. The lowest BCUT2D eigenvalue weighted by Gasteiger charge is -2.40. The van der Waals surface area contributed by atoms with Gasteiger partial charge in [0.05, 0.1) is 20.8 Å². The molecule has 154 valence electrons. The largest absolute Gasteiger partial charge is 0.493 e. The molecule has 29 heavy (non-hydrogen) atoms. The van der Waals surface area contributed by atoms with Crippen LogP contribution < -0.4 is 9.47 Å². The number of carbonyl (C=O) groups excluding carboxylic acids is 1. The van der Waals surface area contributed by atoms with Crippen LogP contribution in [0.15, 0.2) is 42.5 Å². The molecular weight excluding hydrogens is 366 g/mol. The monoisotopic (exact) mass is 395 g/mol. The molecule has 5 nitrogen and oxygen atoms in total.